The van der Waals surface area contributed by atoms with Crippen LogP contribution in [0.25, 0.3) is 0 Å². The van der Waals surface area contributed by atoms with Crippen LogP contribution in [0.4, 0.5) is 5.69 Å². The molecule has 0 bridgehead atoms. The maximum absolute atomic E-state index is 12.4. The highest BCUT2D eigenvalue weighted by molar-refractivity contribution is 7.98. The number of nitro groups is 1. The van der Waals surface area contributed by atoms with E-state index >= 15 is 0 Å². The largest absolute Gasteiger partial charge is 0.480 e. The van der Waals surface area contributed by atoms with Crippen LogP contribution in [0.1, 0.15) is 23.2 Å². The number of aliphatic carboxylic acids is 1. The normalized spacial score (nSPS) is 13.8. The Morgan fingerprint density at radius 1 is 1.48 bits per heavy atom. The number of nitrogens with zero attached hydrogens (tertiary/aromatic N) is 2. The molecule has 1 aliphatic carbocycles. The summed E-state index contributed by atoms with van der Waals surface area (Å²) in [5.74, 6) is -1.57. The molecule has 0 aromatic heterocycles. The number of carboxylic acid groups (broad SMARTS) is 1. The lowest BCUT2D eigenvalue weighted by molar-refractivity contribution is -0.387. The molecule has 0 unspecified atom stereocenters. The van der Waals surface area contributed by atoms with Gasteiger partial charge in [0, 0.05) is 17.7 Å². The molecule has 0 spiro atoms. The van der Waals surface area contributed by atoms with E-state index in [0.29, 0.717) is 4.90 Å². The van der Waals surface area contributed by atoms with Gasteiger partial charge in [-0.05, 0) is 31.2 Å². The zero-order valence-corrected chi connectivity index (χ0v) is 12.1. The number of benzene rings is 1. The zero-order valence-electron chi connectivity index (χ0n) is 11.3. The molecule has 0 aliphatic heterocycles. The van der Waals surface area contributed by atoms with Gasteiger partial charge >= 0.3 is 5.97 Å². The molecule has 7 nitrogen and oxygen atoms in total. The predicted molar refractivity (Wildman–Crippen MR) is 76.6 cm³/mol. The van der Waals surface area contributed by atoms with Gasteiger partial charge in [-0.15, -0.1) is 11.8 Å². The Balaban J connectivity index is 2.31. The average molecular weight is 310 g/mol. The average Bonchev–Trinajstić information content (AvgIpc) is 3.27. The quantitative estimate of drug-likeness (QED) is 0.490. The van der Waals surface area contributed by atoms with Gasteiger partial charge in [0.2, 0.25) is 0 Å². The van der Waals surface area contributed by atoms with Gasteiger partial charge in [0.25, 0.3) is 11.6 Å². The van der Waals surface area contributed by atoms with Crippen LogP contribution in [0, 0.1) is 10.1 Å². The van der Waals surface area contributed by atoms with Crippen molar-refractivity contribution in [1.82, 2.24) is 4.90 Å². The molecule has 1 saturated carbocycles. The summed E-state index contributed by atoms with van der Waals surface area (Å²) >= 11 is 1.22. The summed E-state index contributed by atoms with van der Waals surface area (Å²) in [6.07, 6.45) is 3.25. The first-order valence-corrected chi connectivity index (χ1v) is 7.51. The van der Waals surface area contributed by atoms with Crippen molar-refractivity contribution in [2.75, 3.05) is 12.8 Å². The summed E-state index contributed by atoms with van der Waals surface area (Å²) in [6, 6.07) is 4.15. The van der Waals surface area contributed by atoms with E-state index in [-0.39, 0.29) is 23.8 Å². The number of amides is 1. The maximum Gasteiger partial charge on any atom is 0.323 e. The Kier molecular flexibility index (Phi) is 4.46. The molecule has 112 valence electrons. The third kappa shape index (κ3) is 3.52. The number of thioether (sulfide) groups is 1. The minimum absolute atomic E-state index is 0.0760. The summed E-state index contributed by atoms with van der Waals surface area (Å²) < 4.78 is 0. The number of hydrogen-bond donors (Lipinski definition) is 1. The minimum atomic E-state index is -1.09. The van der Waals surface area contributed by atoms with E-state index in [1.807, 2.05) is 0 Å². The fourth-order valence-electron chi connectivity index (χ4n) is 2.03. The summed E-state index contributed by atoms with van der Waals surface area (Å²) in [5, 5.41) is 19.9. The Hall–Kier alpha value is -2.09. The van der Waals surface area contributed by atoms with Crippen molar-refractivity contribution < 1.29 is 19.6 Å². The number of carbonyl (C=O) groups excluding carboxylic acids is 1. The first-order valence-electron chi connectivity index (χ1n) is 6.29. The van der Waals surface area contributed by atoms with Crippen LogP contribution in [-0.2, 0) is 4.79 Å². The van der Waals surface area contributed by atoms with Crippen LogP contribution in [0.15, 0.2) is 23.1 Å². The van der Waals surface area contributed by atoms with Gasteiger partial charge in [0.1, 0.15) is 6.54 Å². The summed E-state index contributed by atoms with van der Waals surface area (Å²) in [6.45, 7) is -0.387. The molecule has 2 rings (SSSR count). The zero-order chi connectivity index (χ0) is 15.6. The molecule has 1 amide bonds. The van der Waals surface area contributed by atoms with E-state index in [2.05, 4.69) is 0 Å². The van der Waals surface area contributed by atoms with Gasteiger partial charge in [0.15, 0.2) is 0 Å². The molecule has 1 N–H and O–H groups in total. The van der Waals surface area contributed by atoms with Gasteiger partial charge in [-0.2, -0.15) is 0 Å². The lowest BCUT2D eigenvalue weighted by atomic mass is 10.1. The van der Waals surface area contributed by atoms with Gasteiger partial charge in [-0.25, -0.2) is 0 Å². The molecule has 0 heterocycles. The molecular formula is C13H14N2O5S. The van der Waals surface area contributed by atoms with Crippen molar-refractivity contribution in [3.63, 3.8) is 0 Å². The van der Waals surface area contributed by atoms with E-state index in [0.717, 1.165) is 12.8 Å². The third-order valence-electron chi connectivity index (χ3n) is 3.18. The van der Waals surface area contributed by atoms with Crippen LogP contribution >= 0.6 is 11.8 Å². The van der Waals surface area contributed by atoms with E-state index in [1.54, 1.807) is 6.26 Å². The maximum atomic E-state index is 12.4. The summed E-state index contributed by atoms with van der Waals surface area (Å²) in [4.78, 5) is 35.4. The highest BCUT2D eigenvalue weighted by Crippen LogP contribution is 2.31. The van der Waals surface area contributed by atoms with Crippen molar-refractivity contribution in [3.8, 4) is 0 Å². The summed E-state index contributed by atoms with van der Waals surface area (Å²) in [7, 11) is 0. The smallest absolute Gasteiger partial charge is 0.323 e. The lowest BCUT2D eigenvalue weighted by Crippen LogP contribution is -2.37. The molecule has 0 radical (unpaired) electrons. The summed E-state index contributed by atoms with van der Waals surface area (Å²) in [5.41, 5.74) is 0.00655. The number of carbonyl (C=O) groups is 2. The second-order valence-electron chi connectivity index (χ2n) is 4.70. The predicted octanol–water partition coefficient (Wildman–Crippen LogP) is 2.01. The highest BCUT2D eigenvalue weighted by Gasteiger charge is 2.34. The number of hydrogen-bond acceptors (Lipinski definition) is 5. The van der Waals surface area contributed by atoms with Gasteiger partial charge in [-0.3, -0.25) is 19.7 Å². The molecule has 0 atom stereocenters. The van der Waals surface area contributed by atoms with Crippen LogP contribution in [0.2, 0.25) is 0 Å². The molecule has 1 fully saturated rings. The number of carboxylic acids is 1. The molecule has 8 heteroatoms. The fourth-order valence-corrected chi connectivity index (χ4v) is 2.58. The van der Waals surface area contributed by atoms with Crippen LogP contribution in [-0.4, -0.2) is 45.6 Å². The van der Waals surface area contributed by atoms with E-state index in [4.69, 9.17) is 5.11 Å². The van der Waals surface area contributed by atoms with Gasteiger partial charge in [-0.1, -0.05) is 0 Å². The van der Waals surface area contributed by atoms with Crippen molar-refractivity contribution in [2.24, 2.45) is 0 Å². The van der Waals surface area contributed by atoms with E-state index in [9.17, 15) is 19.7 Å². The first-order chi connectivity index (χ1) is 9.93. The Morgan fingerprint density at radius 2 is 2.14 bits per heavy atom. The SMILES string of the molecule is CSc1ccc(C(=O)N(CC(=O)O)C2CC2)cc1[N+](=O)[O-]. The Morgan fingerprint density at radius 3 is 2.62 bits per heavy atom. The van der Waals surface area contributed by atoms with Crippen molar-refractivity contribution in [3.05, 3.63) is 33.9 Å². The lowest BCUT2D eigenvalue weighted by Gasteiger charge is -2.20. The topological polar surface area (TPSA) is 101 Å². The minimum Gasteiger partial charge on any atom is -0.480 e. The molecular weight excluding hydrogens is 296 g/mol. The van der Waals surface area contributed by atoms with Crippen molar-refractivity contribution >= 4 is 29.3 Å². The van der Waals surface area contributed by atoms with E-state index in [1.165, 1.54) is 34.9 Å². The second kappa shape index (κ2) is 6.13. The van der Waals surface area contributed by atoms with Crippen molar-refractivity contribution in [1.29, 1.82) is 0 Å². The second-order valence-corrected chi connectivity index (χ2v) is 5.55. The van der Waals surface area contributed by atoms with Crippen molar-refractivity contribution in [2.45, 2.75) is 23.8 Å². The first kappa shape index (κ1) is 15.3. The molecule has 21 heavy (non-hydrogen) atoms. The number of rotatable bonds is 6. The highest BCUT2D eigenvalue weighted by atomic mass is 32.2. The Bertz CT molecular complexity index is 600. The molecule has 1 aromatic carbocycles. The van der Waals surface area contributed by atoms with Crippen LogP contribution in [0.3, 0.4) is 0 Å². The van der Waals surface area contributed by atoms with Crippen LogP contribution in [0.5, 0.6) is 0 Å². The van der Waals surface area contributed by atoms with Crippen LogP contribution < -0.4 is 0 Å². The fraction of sp³-hybridized carbons (Fsp3) is 0.385. The molecule has 1 aliphatic rings. The third-order valence-corrected chi connectivity index (χ3v) is 3.96. The van der Waals surface area contributed by atoms with Gasteiger partial charge in [0.05, 0.1) is 9.82 Å². The standard InChI is InChI=1S/C13H14N2O5S/c1-21-11-5-2-8(6-10(11)15(19)20)13(18)14(7-12(16)17)9-3-4-9/h2,5-6,9H,3-4,7H2,1H3,(H,16,17). The van der Waals surface area contributed by atoms with E-state index < -0.39 is 16.8 Å². The Labute approximate surface area is 125 Å². The number of nitro benzene ring substituents is 1. The molecule has 1 aromatic rings. The van der Waals surface area contributed by atoms with Gasteiger partial charge < -0.3 is 10.0 Å². The monoisotopic (exact) mass is 310 g/mol. The molecule has 0 saturated heterocycles.